The molecule has 2 N–H and O–H groups in total. The number of carbonyl (C=O) groups excluding carboxylic acids is 1. The molecule has 1 amide bonds. The Bertz CT molecular complexity index is 435. The zero-order valence-electron chi connectivity index (χ0n) is 12.2. The Morgan fingerprint density at radius 2 is 2.05 bits per heavy atom. The molecule has 0 saturated heterocycles. The average molecular weight is 266 g/mol. The highest BCUT2D eigenvalue weighted by molar-refractivity contribution is 5.83. The molecule has 1 aromatic heterocycles. The highest BCUT2D eigenvalue weighted by Gasteiger charge is 2.14. The molecule has 0 aliphatic heterocycles. The Balaban J connectivity index is 2.63. The molecule has 0 spiro atoms. The lowest BCUT2D eigenvalue weighted by Gasteiger charge is -2.15. The van der Waals surface area contributed by atoms with E-state index in [0.29, 0.717) is 24.3 Å². The summed E-state index contributed by atoms with van der Waals surface area (Å²) in [6.07, 6.45) is 0. The summed E-state index contributed by atoms with van der Waals surface area (Å²) < 4.78 is 5.07. The van der Waals surface area contributed by atoms with Crippen LogP contribution in [0.2, 0.25) is 0 Å². The van der Waals surface area contributed by atoms with E-state index < -0.39 is 6.04 Å². The predicted octanol–water partition coefficient (Wildman–Crippen LogP) is 1.37. The van der Waals surface area contributed by atoms with Gasteiger partial charge in [0.15, 0.2) is 0 Å². The van der Waals surface area contributed by atoms with E-state index in [-0.39, 0.29) is 5.91 Å². The summed E-state index contributed by atoms with van der Waals surface area (Å²) in [5.41, 5.74) is 0.782. The Morgan fingerprint density at radius 1 is 1.37 bits per heavy atom. The largest absolute Gasteiger partial charge is 0.481 e. The first-order chi connectivity index (χ1) is 8.92. The molecule has 6 heteroatoms. The monoisotopic (exact) mass is 266 g/mol. The molecule has 1 aromatic rings. The number of aryl methyl sites for hydroxylation is 1. The predicted molar refractivity (Wildman–Crippen MR) is 74.3 cm³/mol. The van der Waals surface area contributed by atoms with Gasteiger partial charge in [-0.1, -0.05) is 13.8 Å². The molecule has 0 radical (unpaired) electrons. The van der Waals surface area contributed by atoms with Gasteiger partial charge in [-0.05, 0) is 19.8 Å². The topological polar surface area (TPSA) is 76.1 Å². The number of aromatic nitrogens is 2. The van der Waals surface area contributed by atoms with Crippen LogP contribution in [-0.2, 0) is 4.79 Å². The van der Waals surface area contributed by atoms with E-state index in [0.717, 1.165) is 5.69 Å². The molecule has 0 aliphatic carbocycles. The van der Waals surface area contributed by atoms with Crippen molar-refractivity contribution in [3.63, 3.8) is 0 Å². The van der Waals surface area contributed by atoms with Gasteiger partial charge in [0.1, 0.15) is 6.04 Å². The number of hydrogen-bond donors (Lipinski definition) is 2. The zero-order valence-corrected chi connectivity index (χ0v) is 12.2. The standard InChI is InChI=1S/C13H22N4O2/c1-8(2)7-14-12(18)10(4)16-13-15-9(3)6-11(17-13)19-5/h6,8,10H,7H2,1-5H3,(H,14,18)(H,15,16,17). The van der Waals surface area contributed by atoms with Crippen LogP contribution in [0.4, 0.5) is 5.95 Å². The van der Waals surface area contributed by atoms with Crippen LogP contribution >= 0.6 is 0 Å². The Hall–Kier alpha value is -1.85. The average Bonchev–Trinajstić information content (AvgIpc) is 2.34. The van der Waals surface area contributed by atoms with Crippen LogP contribution < -0.4 is 15.4 Å². The number of ether oxygens (including phenoxy) is 1. The first kappa shape index (κ1) is 15.2. The van der Waals surface area contributed by atoms with Gasteiger partial charge in [-0.25, -0.2) is 4.98 Å². The van der Waals surface area contributed by atoms with Crippen molar-refractivity contribution >= 4 is 11.9 Å². The maximum Gasteiger partial charge on any atom is 0.242 e. The lowest BCUT2D eigenvalue weighted by Crippen LogP contribution is -2.39. The van der Waals surface area contributed by atoms with Crippen LogP contribution in [-0.4, -0.2) is 35.6 Å². The second kappa shape index (κ2) is 6.92. The SMILES string of the molecule is COc1cc(C)nc(NC(C)C(=O)NCC(C)C)n1. The van der Waals surface area contributed by atoms with Crippen LogP contribution in [0.1, 0.15) is 26.5 Å². The molecule has 1 heterocycles. The molecule has 1 rings (SSSR count). The van der Waals surface area contributed by atoms with Gasteiger partial charge in [-0.2, -0.15) is 4.98 Å². The minimum absolute atomic E-state index is 0.0715. The fraction of sp³-hybridized carbons (Fsp3) is 0.615. The first-order valence-corrected chi connectivity index (χ1v) is 6.36. The number of anilines is 1. The summed E-state index contributed by atoms with van der Waals surface area (Å²) >= 11 is 0. The second-order valence-electron chi connectivity index (χ2n) is 4.88. The molecule has 0 aromatic carbocycles. The van der Waals surface area contributed by atoms with Crippen LogP contribution in [0.25, 0.3) is 0 Å². The summed E-state index contributed by atoms with van der Waals surface area (Å²) in [5.74, 6) is 1.22. The third kappa shape index (κ3) is 5.11. The van der Waals surface area contributed by atoms with Crippen molar-refractivity contribution in [2.24, 2.45) is 5.92 Å². The maximum absolute atomic E-state index is 11.8. The molecular weight excluding hydrogens is 244 g/mol. The first-order valence-electron chi connectivity index (χ1n) is 6.36. The molecule has 1 atom stereocenters. The summed E-state index contributed by atoms with van der Waals surface area (Å²) in [7, 11) is 1.55. The molecule has 106 valence electrons. The highest BCUT2D eigenvalue weighted by atomic mass is 16.5. The van der Waals surface area contributed by atoms with Gasteiger partial charge >= 0.3 is 0 Å². The summed E-state index contributed by atoms with van der Waals surface area (Å²) in [6.45, 7) is 8.37. The number of nitrogens with zero attached hydrogens (tertiary/aromatic N) is 2. The molecule has 6 nitrogen and oxygen atoms in total. The van der Waals surface area contributed by atoms with Crippen LogP contribution in [0.15, 0.2) is 6.07 Å². The summed E-state index contributed by atoms with van der Waals surface area (Å²) in [4.78, 5) is 20.2. The minimum Gasteiger partial charge on any atom is -0.481 e. The van der Waals surface area contributed by atoms with Crippen molar-refractivity contribution in [3.05, 3.63) is 11.8 Å². The lowest BCUT2D eigenvalue weighted by atomic mass is 10.2. The smallest absolute Gasteiger partial charge is 0.242 e. The van der Waals surface area contributed by atoms with E-state index >= 15 is 0 Å². The van der Waals surface area contributed by atoms with Gasteiger partial charge in [-0.3, -0.25) is 4.79 Å². The summed E-state index contributed by atoms with van der Waals surface area (Å²) in [6, 6.07) is 1.33. The molecule has 1 unspecified atom stereocenters. The fourth-order valence-electron chi connectivity index (χ4n) is 1.43. The molecule has 0 bridgehead atoms. The number of carbonyl (C=O) groups is 1. The Kier molecular flexibility index (Phi) is 5.54. The Labute approximate surface area is 114 Å². The second-order valence-corrected chi connectivity index (χ2v) is 4.88. The zero-order chi connectivity index (χ0) is 14.4. The van der Waals surface area contributed by atoms with Crippen LogP contribution in [0.5, 0.6) is 5.88 Å². The third-order valence-electron chi connectivity index (χ3n) is 2.46. The quantitative estimate of drug-likeness (QED) is 0.813. The molecule has 0 aliphatic rings. The van der Waals surface area contributed by atoms with Crippen LogP contribution in [0.3, 0.4) is 0 Å². The lowest BCUT2D eigenvalue weighted by molar-refractivity contribution is -0.121. The van der Waals surface area contributed by atoms with Crippen molar-refractivity contribution in [2.75, 3.05) is 19.0 Å². The van der Waals surface area contributed by atoms with E-state index in [4.69, 9.17) is 4.74 Å². The van der Waals surface area contributed by atoms with E-state index in [1.165, 1.54) is 0 Å². The fourth-order valence-corrected chi connectivity index (χ4v) is 1.43. The minimum atomic E-state index is -0.398. The molecule has 0 fully saturated rings. The number of nitrogens with one attached hydrogen (secondary N) is 2. The van der Waals surface area contributed by atoms with Crippen molar-refractivity contribution < 1.29 is 9.53 Å². The molecule has 0 saturated carbocycles. The maximum atomic E-state index is 11.8. The van der Waals surface area contributed by atoms with Gasteiger partial charge in [0, 0.05) is 18.3 Å². The van der Waals surface area contributed by atoms with Gasteiger partial charge in [0.05, 0.1) is 7.11 Å². The normalized spacial score (nSPS) is 12.1. The van der Waals surface area contributed by atoms with Crippen molar-refractivity contribution in [1.82, 2.24) is 15.3 Å². The number of rotatable bonds is 6. The van der Waals surface area contributed by atoms with E-state index in [1.807, 2.05) is 20.8 Å². The van der Waals surface area contributed by atoms with Crippen LogP contribution in [0, 0.1) is 12.8 Å². The number of amides is 1. The molecular formula is C13H22N4O2. The van der Waals surface area contributed by atoms with Crippen molar-refractivity contribution in [2.45, 2.75) is 33.7 Å². The van der Waals surface area contributed by atoms with Gasteiger partial charge < -0.3 is 15.4 Å². The van der Waals surface area contributed by atoms with Gasteiger partial charge in [0.2, 0.25) is 17.7 Å². The summed E-state index contributed by atoms with van der Waals surface area (Å²) in [5, 5.41) is 5.82. The highest BCUT2D eigenvalue weighted by Crippen LogP contribution is 2.11. The van der Waals surface area contributed by atoms with Crippen molar-refractivity contribution in [1.29, 1.82) is 0 Å². The number of hydrogen-bond acceptors (Lipinski definition) is 5. The van der Waals surface area contributed by atoms with Gasteiger partial charge in [-0.15, -0.1) is 0 Å². The van der Waals surface area contributed by atoms with Gasteiger partial charge in [0.25, 0.3) is 0 Å². The van der Waals surface area contributed by atoms with Crippen molar-refractivity contribution in [3.8, 4) is 5.88 Å². The van der Waals surface area contributed by atoms with E-state index in [1.54, 1.807) is 20.1 Å². The third-order valence-corrected chi connectivity index (χ3v) is 2.46. The Morgan fingerprint density at radius 3 is 2.63 bits per heavy atom. The number of methoxy groups -OCH3 is 1. The molecule has 19 heavy (non-hydrogen) atoms. The van der Waals surface area contributed by atoms with E-state index in [9.17, 15) is 4.79 Å². The van der Waals surface area contributed by atoms with E-state index in [2.05, 4.69) is 20.6 Å².